The van der Waals surface area contributed by atoms with Gasteiger partial charge in [0.05, 0.1) is 18.6 Å². The second kappa shape index (κ2) is 9.43. The number of hydrogen-bond donors (Lipinski definition) is 1. The highest BCUT2D eigenvalue weighted by atomic mass is 32.2. The molecule has 26 heavy (non-hydrogen) atoms. The van der Waals surface area contributed by atoms with Gasteiger partial charge in [0.2, 0.25) is 5.91 Å². The monoisotopic (exact) mass is 372 g/mol. The van der Waals surface area contributed by atoms with Crippen LogP contribution in [0.15, 0.2) is 47.4 Å². The summed E-state index contributed by atoms with van der Waals surface area (Å²) in [5, 5.41) is 11.8. The highest BCUT2D eigenvalue weighted by Gasteiger charge is 2.13. The predicted molar refractivity (Wildman–Crippen MR) is 103 cm³/mol. The van der Waals surface area contributed by atoms with Crippen molar-refractivity contribution in [1.82, 2.24) is 20.1 Å². The Kier molecular flexibility index (Phi) is 6.71. The van der Waals surface area contributed by atoms with Crippen LogP contribution in [0, 0.1) is 0 Å². The molecule has 6 nitrogen and oxygen atoms in total. The Morgan fingerprint density at radius 2 is 2.23 bits per heavy atom. The third kappa shape index (κ3) is 4.88. The van der Waals surface area contributed by atoms with Crippen LogP contribution in [0.2, 0.25) is 0 Å². The Hall–Kier alpha value is -2.28. The number of nitrogens with one attached hydrogen (secondary N) is 1. The fourth-order valence-corrected chi connectivity index (χ4v) is 3.74. The first-order valence-corrected chi connectivity index (χ1v) is 9.87. The quantitative estimate of drug-likeness (QED) is 0.568. The molecule has 0 saturated carbocycles. The molecule has 0 atom stereocenters. The molecule has 0 bridgehead atoms. The number of hydrogen-bond acceptors (Lipinski definition) is 5. The lowest BCUT2D eigenvalue weighted by Crippen LogP contribution is -2.26. The largest absolute Gasteiger partial charge is 0.495 e. The van der Waals surface area contributed by atoms with Gasteiger partial charge < -0.3 is 10.1 Å². The Bertz CT molecular complexity index is 772. The number of aromatic nitrogens is 3. The number of para-hydroxylation sites is 2. The zero-order valence-corrected chi connectivity index (χ0v) is 15.8. The number of amides is 1. The highest BCUT2D eigenvalue weighted by Crippen LogP contribution is 2.26. The van der Waals surface area contributed by atoms with E-state index in [1.54, 1.807) is 13.4 Å². The summed E-state index contributed by atoms with van der Waals surface area (Å²) in [6.45, 7) is 0.699. The van der Waals surface area contributed by atoms with Gasteiger partial charge in [-0.25, -0.2) is 0 Å². The van der Waals surface area contributed by atoms with Gasteiger partial charge >= 0.3 is 0 Å². The highest BCUT2D eigenvalue weighted by molar-refractivity contribution is 7.99. The van der Waals surface area contributed by atoms with Crippen LogP contribution in [0.5, 0.6) is 5.75 Å². The van der Waals surface area contributed by atoms with Crippen molar-refractivity contribution >= 4 is 17.7 Å². The first kappa shape index (κ1) is 18.5. The van der Waals surface area contributed by atoms with Gasteiger partial charge in [0.25, 0.3) is 0 Å². The number of rotatable bonds is 8. The molecule has 138 valence electrons. The lowest BCUT2D eigenvalue weighted by atomic mass is 9.97. The molecule has 1 amide bonds. The van der Waals surface area contributed by atoms with E-state index >= 15 is 0 Å². The van der Waals surface area contributed by atoms with Crippen molar-refractivity contribution in [3.8, 4) is 11.4 Å². The van der Waals surface area contributed by atoms with E-state index in [4.69, 9.17) is 4.74 Å². The van der Waals surface area contributed by atoms with E-state index in [9.17, 15) is 4.79 Å². The number of benzene rings is 1. The van der Waals surface area contributed by atoms with Crippen molar-refractivity contribution in [1.29, 1.82) is 0 Å². The van der Waals surface area contributed by atoms with Gasteiger partial charge in [0, 0.05) is 6.54 Å². The Morgan fingerprint density at radius 1 is 1.35 bits per heavy atom. The minimum absolute atomic E-state index is 0.0148. The van der Waals surface area contributed by atoms with Crippen LogP contribution >= 0.6 is 11.8 Å². The van der Waals surface area contributed by atoms with E-state index in [1.807, 2.05) is 28.8 Å². The maximum absolute atomic E-state index is 12.1. The van der Waals surface area contributed by atoms with Gasteiger partial charge in [0.15, 0.2) is 5.16 Å². The third-order valence-corrected chi connectivity index (χ3v) is 5.29. The number of ether oxygens (including phenoxy) is 1. The summed E-state index contributed by atoms with van der Waals surface area (Å²) in [4.78, 5) is 12.1. The first-order valence-electron chi connectivity index (χ1n) is 8.89. The van der Waals surface area contributed by atoms with Crippen LogP contribution in [0.1, 0.15) is 32.1 Å². The number of allylic oxidation sites excluding steroid dienone is 1. The fourth-order valence-electron chi connectivity index (χ4n) is 2.99. The second-order valence-electron chi connectivity index (χ2n) is 6.15. The molecule has 7 heteroatoms. The molecule has 0 unspecified atom stereocenters. The lowest BCUT2D eigenvalue weighted by molar-refractivity contribution is -0.118. The summed E-state index contributed by atoms with van der Waals surface area (Å²) < 4.78 is 7.23. The molecular weight excluding hydrogens is 348 g/mol. The predicted octanol–water partition coefficient (Wildman–Crippen LogP) is 3.37. The Morgan fingerprint density at radius 3 is 3.04 bits per heavy atom. The first-order chi connectivity index (χ1) is 12.8. The number of thioether (sulfide) groups is 1. The Labute approximate surface area is 158 Å². The van der Waals surface area contributed by atoms with Crippen LogP contribution in [0.25, 0.3) is 5.69 Å². The van der Waals surface area contributed by atoms with E-state index in [1.165, 1.54) is 43.0 Å². The van der Waals surface area contributed by atoms with E-state index < -0.39 is 0 Å². The van der Waals surface area contributed by atoms with Gasteiger partial charge in [-0.15, -0.1) is 10.2 Å². The molecule has 1 aliphatic carbocycles. The molecule has 0 aliphatic heterocycles. The van der Waals surface area contributed by atoms with E-state index in [0.717, 1.165) is 17.9 Å². The summed E-state index contributed by atoms with van der Waals surface area (Å²) in [6.07, 6.45) is 9.82. The van der Waals surface area contributed by atoms with E-state index in [0.29, 0.717) is 17.5 Å². The van der Waals surface area contributed by atoms with E-state index in [2.05, 4.69) is 21.6 Å². The number of carbonyl (C=O) groups is 1. The van der Waals surface area contributed by atoms with Crippen LogP contribution in [-0.2, 0) is 4.79 Å². The zero-order chi connectivity index (χ0) is 18.2. The van der Waals surface area contributed by atoms with Crippen LogP contribution in [-0.4, -0.2) is 40.1 Å². The second-order valence-corrected chi connectivity index (χ2v) is 7.09. The molecule has 3 rings (SSSR count). The molecule has 0 spiro atoms. The van der Waals surface area contributed by atoms with Gasteiger partial charge in [-0.3, -0.25) is 9.36 Å². The maximum atomic E-state index is 12.1. The molecule has 1 heterocycles. The van der Waals surface area contributed by atoms with Gasteiger partial charge in [-0.1, -0.05) is 35.5 Å². The number of methoxy groups -OCH3 is 1. The van der Waals surface area contributed by atoms with Crippen molar-refractivity contribution in [2.45, 2.75) is 37.3 Å². The normalized spacial score (nSPS) is 14.0. The standard InChI is InChI=1S/C19H24N4O2S/c1-25-17-10-6-5-9-16(17)23-14-21-22-19(23)26-13-18(24)20-12-11-15-7-3-2-4-8-15/h5-7,9-10,14H,2-4,8,11-13H2,1H3,(H,20,24). The maximum Gasteiger partial charge on any atom is 0.230 e. The van der Waals surface area contributed by atoms with Gasteiger partial charge in [0.1, 0.15) is 12.1 Å². The number of nitrogens with zero attached hydrogens (tertiary/aromatic N) is 3. The molecule has 2 aromatic rings. The third-order valence-electron chi connectivity index (χ3n) is 4.35. The molecule has 0 fully saturated rings. The summed E-state index contributed by atoms with van der Waals surface area (Å²) in [6, 6.07) is 7.66. The summed E-state index contributed by atoms with van der Waals surface area (Å²) in [7, 11) is 1.63. The van der Waals surface area contributed by atoms with Crippen LogP contribution in [0.3, 0.4) is 0 Å². The molecule has 1 aromatic heterocycles. The van der Waals surface area contributed by atoms with Crippen molar-refractivity contribution < 1.29 is 9.53 Å². The summed E-state index contributed by atoms with van der Waals surface area (Å²) in [5.41, 5.74) is 2.33. The lowest BCUT2D eigenvalue weighted by Gasteiger charge is -2.13. The van der Waals surface area contributed by atoms with E-state index in [-0.39, 0.29) is 5.91 Å². The molecule has 0 saturated heterocycles. The average molecular weight is 372 g/mol. The minimum atomic E-state index is 0.0148. The summed E-state index contributed by atoms with van der Waals surface area (Å²) >= 11 is 1.37. The summed E-state index contributed by atoms with van der Waals surface area (Å²) in [5.74, 6) is 1.06. The zero-order valence-electron chi connectivity index (χ0n) is 15.0. The topological polar surface area (TPSA) is 69.0 Å². The average Bonchev–Trinajstić information content (AvgIpc) is 3.15. The number of carbonyl (C=O) groups excluding carboxylic acids is 1. The van der Waals surface area contributed by atoms with Crippen LogP contribution in [0.4, 0.5) is 0 Å². The molecular formula is C19H24N4O2S. The molecule has 1 aliphatic rings. The fraction of sp³-hybridized carbons (Fsp3) is 0.421. The SMILES string of the molecule is COc1ccccc1-n1cnnc1SCC(=O)NCCC1=CCCCC1. The molecule has 1 N–H and O–H groups in total. The van der Waals surface area contributed by atoms with Gasteiger partial charge in [-0.05, 0) is 44.2 Å². The van der Waals surface area contributed by atoms with Gasteiger partial charge in [-0.2, -0.15) is 0 Å². The molecule has 1 aromatic carbocycles. The van der Waals surface area contributed by atoms with Crippen molar-refractivity contribution in [3.63, 3.8) is 0 Å². The van der Waals surface area contributed by atoms with Crippen molar-refractivity contribution in [2.75, 3.05) is 19.4 Å². The van der Waals surface area contributed by atoms with Crippen molar-refractivity contribution in [2.24, 2.45) is 0 Å². The smallest absolute Gasteiger partial charge is 0.230 e. The Balaban J connectivity index is 1.51. The minimum Gasteiger partial charge on any atom is -0.495 e. The molecule has 0 radical (unpaired) electrons. The van der Waals surface area contributed by atoms with Crippen LogP contribution < -0.4 is 10.1 Å². The van der Waals surface area contributed by atoms with Crippen molar-refractivity contribution in [3.05, 3.63) is 42.2 Å².